The van der Waals surface area contributed by atoms with E-state index in [-0.39, 0.29) is 22.5 Å². The number of aromatic nitrogens is 6. The maximum atomic E-state index is 12.6. The Bertz CT molecular complexity index is 1730. The van der Waals surface area contributed by atoms with Crippen molar-refractivity contribution in [3.05, 3.63) is 70.7 Å². The standard InChI is InChI=1S/C24H22N8O3S2/c1-14-12-15(2)26-23(25-14)31-37(34,35)17-10-8-16(9-11-17)27-20(33)13-36-24-28-22-21(29-30-24)18-6-4-5-7-19(18)32(22)3/h4-12H,13H2,1-3H3,(H2,25,26,27,31,33)/p-1. The number of aryl methyl sites for hydroxylation is 3. The van der Waals surface area contributed by atoms with Gasteiger partial charge >= 0.3 is 0 Å². The highest BCUT2D eigenvalue weighted by Gasteiger charge is 2.15. The summed E-state index contributed by atoms with van der Waals surface area (Å²) in [4.78, 5) is 25.1. The maximum absolute atomic E-state index is 12.6. The van der Waals surface area contributed by atoms with E-state index in [2.05, 4.69) is 35.2 Å². The molecule has 1 N–H and O–H groups in total. The number of nitrogens with one attached hydrogen (secondary N) is 1. The fourth-order valence-electron chi connectivity index (χ4n) is 3.80. The zero-order chi connectivity index (χ0) is 26.2. The summed E-state index contributed by atoms with van der Waals surface area (Å²) in [6, 6.07) is 15.3. The van der Waals surface area contributed by atoms with E-state index in [9.17, 15) is 13.2 Å². The summed E-state index contributed by atoms with van der Waals surface area (Å²) in [6.07, 6.45) is 0. The van der Waals surface area contributed by atoms with Gasteiger partial charge in [0.1, 0.15) is 5.52 Å². The highest BCUT2D eigenvalue weighted by atomic mass is 32.2. The molecule has 37 heavy (non-hydrogen) atoms. The summed E-state index contributed by atoms with van der Waals surface area (Å²) >= 11 is 1.16. The number of anilines is 1. The molecule has 2 aromatic carbocycles. The summed E-state index contributed by atoms with van der Waals surface area (Å²) in [7, 11) is -2.10. The maximum Gasteiger partial charge on any atom is 0.234 e. The van der Waals surface area contributed by atoms with Gasteiger partial charge in [-0.3, -0.25) is 9.52 Å². The molecular formula is C24H21N8O3S2-. The summed E-state index contributed by atoms with van der Waals surface area (Å²) < 4.78 is 30.9. The second-order valence-electron chi connectivity index (χ2n) is 8.22. The fourth-order valence-corrected chi connectivity index (χ4v) is 5.26. The largest absolute Gasteiger partial charge is 0.363 e. The molecule has 1 amide bonds. The number of nitrogens with zero attached hydrogens (tertiary/aromatic N) is 7. The lowest BCUT2D eigenvalue weighted by Crippen LogP contribution is -2.14. The second-order valence-corrected chi connectivity index (χ2v) is 10.8. The van der Waals surface area contributed by atoms with Crippen LogP contribution in [0.4, 0.5) is 11.6 Å². The van der Waals surface area contributed by atoms with Crippen molar-refractivity contribution in [2.45, 2.75) is 23.9 Å². The molecule has 0 atom stereocenters. The summed E-state index contributed by atoms with van der Waals surface area (Å²) in [6.45, 7) is 3.47. The molecule has 11 nitrogen and oxygen atoms in total. The summed E-state index contributed by atoms with van der Waals surface area (Å²) in [5.41, 5.74) is 4.07. The zero-order valence-electron chi connectivity index (χ0n) is 20.1. The van der Waals surface area contributed by atoms with Crippen molar-refractivity contribution in [3.63, 3.8) is 0 Å². The fraction of sp³-hybridized carbons (Fsp3) is 0.167. The van der Waals surface area contributed by atoms with Crippen LogP contribution in [-0.4, -0.2) is 49.8 Å². The monoisotopic (exact) mass is 533 g/mol. The van der Waals surface area contributed by atoms with Gasteiger partial charge in [0.25, 0.3) is 0 Å². The first-order valence-corrected chi connectivity index (χ1v) is 13.5. The number of sulfonamides is 1. The van der Waals surface area contributed by atoms with Crippen LogP contribution in [0.15, 0.2) is 64.6 Å². The lowest BCUT2D eigenvalue weighted by molar-refractivity contribution is -0.113. The SMILES string of the molecule is Cc1cc(C)nc([N-]S(=O)(=O)c2ccc(NC(=O)CSc3nnc4c5ccccc5n(C)c4n3)cc2)n1. The summed E-state index contributed by atoms with van der Waals surface area (Å²) in [5, 5.41) is 12.5. The number of thioether (sulfide) groups is 1. The first-order chi connectivity index (χ1) is 17.7. The second kappa shape index (κ2) is 9.75. The van der Waals surface area contributed by atoms with E-state index in [0.29, 0.717) is 33.4 Å². The Morgan fingerprint density at radius 2 is 1.70 bits per heavy atom. The Morgan fingerprint density at radius 3 is 2.43 bits per heavy atom. The average Bonchev–Trinajstić information content (AvgIpc) is 3.14. The Hall–Kier alpha value is -4.10. The Labute approximate surface area is 216 Å². The molecule has 0 aliphatic carbocycles. The van der Waals surface area contributed by atoms with E-state index in [4.69, 9.17) is 0 Å². The third kappa shape index (κ3) is 5.22. The van der Waals surface area contributed by atoms with Gasteiger partial charge in [-0.1, -0.05) is 36.0 Å². The van der Waals surface area contributed by atoms with Crippen molar-refractivity contribution < 1.29 is 13.2 Å². The third-order valence-corrected chi connectivity index (χ3v) is 7.54. The van der Waals surface area contributed by atoms with E-state index in [0.717, 1.165) is 22.7 Å². The summed E-state index contributed by atoms with van der Waals surface area (Å²) in [5.74, 6) is -0.365. The van der Waals surface area contributed by atoms with Gasteiger partial charge in [0.05, 0.1) is 16.2 Å². The number of para-hydroxylation sites is 1. The van der Waals surface area contributed by atoms with Gasteiger partial charge in [0.15, 0.2) is 5.65 Å². The molecule has 0 radical (unpaired) electrons. The molecule has 0 unspecified atom stereocenters. The number of fused-ring (bicyclic) bond motifs is 3. The number of carbonyl (C=O) groups excluding carboxylic acids is 1. The Balaban J connectivity index is 1.22. The molecule has 0 spiro atoms. The van der Waals surface area contributed by atoms with Crippen molar-refractivity contribution in [3.8, 4) is 0 Å². The molecule has 5 aromatic rings. The van der Waals surface area contributed by atoms with Crippen LogP contribution < -0.4 is 5.32 Å². The normalized spacial score (nSPS) is 11.6. The minimum Gasteiger partial charge on any atom is -0.363 e. The molecule has 0 fully saturated rings. The molecule has 0 aliphatic rings. The van der Waals surface area contributed by atoms with Gasteiger partial charge in [-0.2, -0.15) is 0 Å². The predicted octanol–water partition coefficient (Wildman–Crippen LogP) is 4.05. The van der Waals surface area contributed by atoms with E-state index in [1.54, 1.807) is 19.9 Å². The molecular weight excluding hydrogens is 512 g/mol. The van der Waals surface area contributed by atoms with Crippen LogP contribution in [0.5, 0.6) is 0 Å². The minimum atomic E-state index is -4.01. The minimum absolute atomic E-state index is 0.0367. The predicted molar refractivity (Wildman–Crippen MR) is 141 cm³/mol. The molecule has 13 heteroatoms. The first kappa shape index (κ1) is 24.6. The van der Waals surface area contributed by atoms with Crippen molar-refractivity contribution >= 4 is 61.4 Å². The zero-order valence-corrected chi connectivity index (χ0v) is 21.7. The van der Waals surface area contributed by atoms with Gasteiger partial charge in [0.2, 0.25) is 21.1 Å². The highest BCUT2D eigenvalue weighted by molar-refractivity contribution is 7.99. The number of hydrogen-bond donors (Lipinski definition) is 1. The average molecular weight is 534 g/mol. The van der Waals surface area contributed by atoms with Crippen LogP contribution in [-0.2, 0) is 21.9 Å². The van der Waals surface area contributed by atoms with Crippen LogP contribution >= 0.6 is 11.8 Å². The lowest BCUT2D eigenvalue weighted by Gasteiger charge is -2.15. The number of rotatable bonds is 7. The number of benzene rings is 2. The smallest absolute Gasteiger partial charge is 0.234 e. The van der Waals surface area contributed by atoms with Crippen molar-refractivity contribution in [2.75, 3.05) is 11.1 Å². The molecule has 0 bridgehead atoms. The molecule has 188 valence electrons. The van der Waals surface area contributed by atoms with Gasteiger partial charge < -0.3 is 19.9 Å². The number of carbonyl (C=O) groups is 1. The molecule has 5 rings (SSSR count). The van der Waals surface area contributed by atoms with E-state index in [1.807, 2.05) is 35.9 Å². The van der Waals surface area contributed by atoms with Crippen molar-refractivity contribution in [1.29, 1.82) is 0 Å². The molecule has 0 aliphatic heterocycles. The molecule has 0 saturated heterocycles. The first-order valence-electron chi connectivity index (χ1n) is 11.1. The number of hydrogen-bond acceptors (Lipinski definition) is 9. The van der Waals surface area contributed by atoms with Crippen LogP contribution in [0, 0.1) is 13.8 Å². The van der Waals surface area contributed by atoms with E-state index < -0.39 is 10.0 Å². The quantitative estimate of drug-likeness (QED) is 0.306. The van der Waals surface area contributed by atoms with Crippen molar-refractivity contribution in [1.82, 2.24) is 29.7 Å². The van der Waals surface area contributed by atoms with Gasteiger partial charge in [-0.25, -0.2) is 13.4 Å². The molecule has 3 heterocycles. The topological polar surface area (TPSA) is 147 Å². The lowest BCUT2D eigenvalue weighted by atomic mass is 10.2. The van der Waals surface area contributed by atoms with E-state index >= 15 is 0 Å². The van der Waals surface area contributed by atoms with Gasteiger partial charge in [-0.05, 0) is 55.6 Å². The molecule has 3 aromatic heterocycles. The molecule has 0 saturated carbocycles. The van der Waals surface area contributed by atoms with Gasteiger partial charge in [-0.15, -0.1) is 10.2 Å². The van der Waals surface area contributed by atoms with Gasteiger partial charge in [0, 0.05) is 24.1 Å². The van der Waals surface area contributed by atoms with Crippen LogP contribution in [0.25, 0.3) is 26.8 Å². The van der Waals surface area contributed by atoms with Crippen molar-refractivity contribution in [2.24, 2.45) is 7.05 Å². The van der Waals surface area contributed by atoms with Crippen LogP contribution in [0.3, 0.4) is 0 Å². The van der Waals surface area contributed by atoms with Crippen LogP contribution in [0.2, 0.25) is 0 Å². The van der Waals surface area contributed by atoms with Crippen LogP contribution in [0.1, 0.15) is 11.4 Å². The Kier molecular flexibility index (Phi) is 6.48. The Morgan fingerprint density at radius 1 is 1.00 bits per heavy atom. The third-order valence-electron chi connectivity index (χ3n) is 5.43. The highest BCUT2D eigenvalue weighted by Crippen LogP contribution is 2.27. The number of amides is 1. The van der Waals surface area contributed by atoms with E-state index in [1.165, 1.54) is 24.3 Å².